The maximum atomic E-state index is 14.5. The Balaban J connectivity index is 1.61. The van der Waals surface area contributed by atoms with Crippen LogP contribution >= 0.6 is 27.3 Å². The zero-order valence-electron chi connectivity index (χ0n) is 26.2. The second kappa shape index (κ2) is 12.3. The Kier molecular flexibility index (Phi) is 8.41. The van der Waals surface area contributed by atoms with E-state index in [1.54, 1.807) is 16.6 Å². The highest BCUT2D eigenvalue weighted by Crippen LogP contribution is 2.40. The van der Waals surface area contributed by atoms with E-state index in [0.29, 0.717) is 39.4 Å². The lowest BCUT2D eigenvalue weighted by molar-refractivity contribution is -0.127. The summed E-state index contributed by atoms with van der Waals surface area (Å²) in [7, 11) is 1.63. The molecule has 1 atom stereocenters. The average Bonchev–Trinajstić information content (AvgIpc) is 3.49. The van der Waals surface area contributed by atoms with E-state index in [9.17, 15) is 9.59 Å². The van der Waals surface area contributed by atoms with E-state index in [0.717, 1.165) is 43.4 Å². The van der Waals surface area contributed by atoms with Crippen LogP contribution in [0.1, 0.15) is 49.3 Å². The van der Waals surface area contributed by atoms with Crippen LogP contribution in [0.2, 0.25) is 0 Å². The Hall–Kier alpha value is -4.21. The summed E-state index contributed by atoms with van der Waals surface area (Å²) in [5, 5.41) is 1.93. The van der Waals surface area contributed by atoms with Crippen molar-refractivity contribution in [2.24, 2.45) is 4.99 Å². The Bertz CT molecular complexity index is 2170. The van der Waals surface area contributed by atoms with Gasteiger partial charge in [-0.3, -0.25) is 14.2 Å². The van der Waals surface area contributed by atoms with Gasteiger partial charge in [0.05, 0.1) is 22.9 Å². The Morgan fingerprint density at radius 1 is 1.04 bits per heavy atom. The predicted molar refractivity (Wildman–Crippen MR) is 185 cm³/mol. The number of likely N-dealkylation sites (N-methyl/N-ethyl adjacent to an activating group) is 1. The number of carbonyl (C=O) groups is 1. The van der Waals surface area contributed by atoms with Crippen molar-refractivity contribution in [1.82, 2.24) is 14.0 Å². The van der Waals surface area contributed by atoms with Crippen LogP contribution in [0.25, 0.3) is 22.5 Å². The first-order valence-electron chi connectivity index (χ1n) is 15.0. The number of amides is 1. The topological polar surface area (TPSA) is 68.8 Å². The van der Waals surface area contributed by atoms with E-state index in [2.05, 4.69) is 52.5 Å². The number of hydrogen-bond acceptors (Lipinski definition) is 5. The SMILES string of the molecule is CCN(CC)C(=O)C1=C(C)N=c2s/c(=C/c3cc(C)n(-c4ccc(Br)cc4)c3C)c(=O)n2[C@H]1c1c(OC)ccc2ccccc12. The number of rotatable bonds is 7. The van der Waals surface area contributed by atoms with Gasteiger partial charge in [-0.1, -0.05) is 57.6 Å². The van der Waals surface area contributed by atoms with Crippen LogP contribution in [0.4, 0.5) is 0 Å². The molecule has 45 heavy (non-hydrogen) atoms. The highest BCUT2D eigenvalue weighted by Gasteiger charge is 2.36. The van der Waals surface area contributed by atoms with Crippen LogP contribution in [-0.2, 0) is 4.79 Å². The van der Waals surface area contributed by atoms with Crippen molar-refractivity contribution in [3.8, 4) is 11.4 Å². The second-order valence-corrected chi connectivity index (χ2v) is 13.0. The second-order valence-electron chi connectivity index (χ2n) is 11.1. The molecule has 0 fully saturated rings. The largest absolute Gasteiger partial charge is 0.496 e. The van der Waals surface area contributed by atoms with E-state index in [4.69, 9.17) is 9.73 Å². The number of thiazole rings is 1. The van der Waals surface area contributed by atoms with Gasteiger partial charge in [-0.15, -0.1) is 0 Å². The van der Waals surface area contributed by atoms with Gasteiger partial charge in [0.1, 0.15) is 11.8 Å². The van der Waals surface area contributed by atoms with Crippen LogP contribution in [0.15, 0.2) is 92.3 Å². The van der Waals surface area contributed by atoms with Gasteiger partial charge in [0.15, 0.2) is 4.80 Å². The van der Waals surface area contributed by atoms with Crippen molar-refractivity contribution in [2.75, 3.05) is 20.2 Å². The summed E-state index contributed by atoms with van der Waals surface area (Å²) in [6.07, 6.45) is 1.95. The lowest BCUT2D eigenvalue weighted by Gasteiger charge is -2.30. The summed E-state index contributed by atoms with van der Waals surface area (Å²) in [5.74, 6) is 0.486. The number of ether oxygens (including phenoxy) is 1. The minimum atomic E-state index is -0.715. The summed E-state index contributed by atoms with van der Waals surface area (Å²) in [6.45, 7) is 11.0. The molecular weight excluding hydrogens is 648 g/mol. The van der Waals surface area contributed by atoms with Gasteiger partial charge in [-0.25, -0.2) is 4.99 Å². The fraction of sp³-hybridized carbons (Fsp3) is 0.250. The molecule has 3 aromatic carbocycles. The summed E-state index contributed by atoms with van der Waals surface area (Å²) in [6, 6.07) is 21.5. The van der Waals surface area contributed by atoms with Crippen molar-refractivity contribution < 1.29 is 9.53 Å². The van der Waals surface area contributed by atoms with Gasteiger partial charge in [0, 0.05) is 40.2 Å². The maximum absolute atomic E-state index is 14.5. The number of halogens is 1. The quantitative estimate of drug-likeness (QED) is 0.199. The van der Waals surface area contributed by atoms with E-state index in [1.807, 2.05) is 75.4 Å². The number of methoxy groups -OCH3 is 1. The van der Waals surface area contributed by atoms with E-state index < -0.39 is 6.04 Å². The molecule has 0 unspecified atom stereocenters. The monoisotopic (exact) mass is 682 g/mol. The molecule has 1 aliphatic heterocycles. The third-order valence-electron chi connectivity index (χ3n) is 8.57. The molecule has 0 saturated carbocycles. The fourth-order valence-electron chi connectivity index (χ4n) is 6.35. The zero-order valence-corrected chi connectivity index (χ0v) is 28.6. The van der Waals surface area contributed by atoms with Crippen molar-refractivity contribution >= 4 is 50.0 Å². The number of hydrogen-bond donors (Lipinski definition) is 0. The van der Waals surface area contributed by atoms with Gasteiger partial charge in [0.25, 0.3) is 11.5 Å². The molecule has 230 valence electrons. The van der Waals surface area contributed by atoms with Crippen molar-refractivity contribution in [2.45, 2.75) is 40.7 Å². The maximum Gasteiger partial charge on any atom is 0.271 e. The summed E-state index contributed by atoms with van der Waals surface area (Å²) >= 11 is 4.87. The molecular formula is C36H35BrN4O3S. The number of carbonyl (C=O) groups excluding carboxylic acids is 1. The van der Waals surface area contributed by atoms with Crippen molar-refractivity contribution in [3.63, 3.8) is 0 Å². The zero-order chi connectivity index (χ0) is 32.0. The predicted octanol–water partition coefficient (Wildman–Crippen LogP) is 6.44. The Morgan fingerprint density at radius 2 is 1.76 bits per heavy atom. The molecule has 0 spiro atoms. The van der Waals surface area contributed by atoms with Crippen LogP contribution in [0.5, 0.6) is 5.75 Å². The third kappa shape index (κ3) is 5.27. The third-order valence-corrected chi connectivity index (χ3v) is 10.1. The van der Waals surface area contributed by atoms with Crippen LogP contribution in [0.3, 0.4) is 0 Å². The van der Waals surface area contributed by atoms with Gasteiger partial charge >= 0.3 is 0 Å². The van der Waals surface area contributed by atoms with E-state index in [1.165, 1.54) is 11.3 Å². The first-order valence-corrected chi connectivity index (χ1v) is 16.6. The molecule has 9 heteroatoms. The highest BCUT2D eigenvalue weighted by atomic mass is 79.9. The Labute approximate surface area is 274 Å². The number of fused-ring (bicyclic) bond motifs is 2. The number of aromatic nitrogens is 2. The molecule has 1 amide bonds. The molecule has 0 radical (unpaired) electrons. The highest BCUT2D eigenvalue weighted by molar-refractivity contribution is 9.10. The molecule has 2 aromatic heterocycles. The molecule has 6 rings (SSSR count). The number of aryl methyl sites for hydroxylation is 1. The fourth-order valence-corrected chi connectivity index (χ4v) is 7.65. The van der Waals surface area contributed by atoms with Gasteiger partial charge < -0.3 is 14.2 Å². The standard InChI is InChI=1S/C36H35BrN4O3S/c1-7-39(8-2)35(43)31-22(4)38-36-41(33(31)32-28-12-10-9-11-24(28)13-18-29(32)44-6)34(42)30(45-36)20-25-19-21(3)40(23(25)5)27-16-14-26(37)15-17-27/h9-20,33H,7-8H2,1-6H3/b30-20+/t33-/m1/s1. The van der Waals surface area contributed by atoms with E-state index in [-0.39, 0.29) is 11.5 Å². The van der Waals surface area contributed by atoms with Crippen LogP contribution < -0.4 is 19.6 Å². The van der Waals surface area contributed by atoms with Gasteiger partial charge in [-0.05, 0) is 93.4 Å². The van der Waals surface area contributed by atoms with Crippen LogP contribution in [0, 0.1) is 13.8 Å². The smallest absolute Gasteiger partial charge is 0.271 e. The van der Waals surface area contributed by atoms with Crippen molar-refractivity contribution in [3.05, 3.63) is 125 Å². The summed E-state index contributed by atoms with van der Waals surface area (Å²) < 4.78 is 11.4. The lowest BCUT2D eigenvalue weighted by Crippen LogP contribution is -2.43. The first-order chi connectivity index (χ1) is 21.7. The number of benzene rings is 3. The van der Waals surface area contributed by atoms with Gasteiger partial charge in [-0.2, -0.15) is 0 Å². The summed E-state index contributed by atoms with van der Waals surface area (Å²) in [4.78, 5) is 35.9. The molecule has 7 nitrogen and oxygen atoms in total. The minimum Gasteiger partial charge on any atom is -0.496 e. The minimum absolute atomic E-state index is 0.131. The molecule has 0 bridgehead atoms. The molecule has 5 aromatic rings. The average molecular weight is 684 g/mol. The van der Waals surface area contributed by atoms with E-state index >= 15 is 0 Å². The van der Waals surface area contributed by atoms with Gasteiger partial charge in [0.2, 0.25) is 0 Å². The molecule has 1 aliphatic rings. The number of nitrogens with zero attached hydrogens (tertiary/aromatic N) is 4. The first kappa shape index (κ1) is 30.8. The normalized spacial score (nSPS) is 14.9. The molecule has 0 saturated heterocycles. The molecule has 0 aliphatic carbocycles. The van der Waals surface area contributed by atoms with Crippen LogP contribution in [-0.4, -0.2) is 40.1 Å². The van der Waals surface area contributed by atoms with Crippen molar-refractivity contribution in [1.29, 1.82) is 0 Å². The molecule has 0 N–H and O–H groups in total. The Morgan fingerprint density at radius 3 is 2.44 bits per heavy atom. The summed E-state index contributed by atoms with van der Waals surface area (Å²) in [5.41, 5.74) is 5.78. The molecule has 3 heterocycles. The number of allylic oxidation sites excluding steroid dienone is 1. The lowest BCUT2D eigenvalue weighted by atomic mass is 9.90.